The number of ether oxygens (including phenoxy) is 2. The molecule has 0 heterocycles. The molecule has 3 N–H and O–H groups in total. The summed E-state index contributed by atoms with van der Waals surface area (Å²) in [6.45, 7) is 3.66. The molecule has 0 rings (SSSR count). The van der Waals surface area contributed by atoms with E-state index in [4.69, 9.17) is 24.3 Å². The third kappa shape index (κ3) is 56.6. The topological polar surface area (TPSA) is 134 Å². The van der Waals surface area contributed by atoms with E-state index in [0.717, 1.165) is 77.0 Å². The fourth-order valence-corrected chi connectivity index (χ4v) is 9.05. The zero-order valence-corrected chi connectivity index (χ0v) is 46.8. The van der Waals surface area contributed by atoms with E-state index in [-0.39, 0.29) is 38.6 Å². The molecule has 0 aliphatic heterocycles. The molecule has 0 aromatic heterocycles. The number of esters is 2. The molecule has 0 bridgehead atoms. The predicted molar refractivity (Wildman–Crippen MR) is 302 cm³/mol. The Labute approximate surface area is 437 Å². The van der Waals surface area contributed by atoms with Crippen LogP contribution in [-0.2, 0) is 32.7 Å². The Kier molecular flexibility index (Phi) is 54.7. The van der Waals surface area contributed by atoms with Crippen LogP contribution < -0.4 is 5.73 Å². The number of carbonyl (C=O) groups excluding carboxylic acids is 2. The van der Waals surface area contributed by atoms with E-state index in [1.54, 1.807) is 0 Å². The molecule has 412 valence electrons. The third-order valence-corrected chi connectivity index (χ3v) is 13.6. The quantitative estimate of drug-likeness (QED) is 0.0264. The van der Waals surface area contributed by atoms with Crippen molar-refractivity contribution in [3.8, 4) is 0 Å². The maximum Gasteiger partial charge on any atom is 0.472 e. The lowest BCUT2D eigenvalue weighted by Gasteiger charge is -2.19. The average molecular weight is 1020 g/mol. The van der Waals surface area contributed by atoms with Gasteiger partial charge in [-0.15, -0.1) is 0 Å². The monoisotopic (exact) mass is 1020 g/mol. The van der Waals surface area contributed by atoms with Gasteiger partial charge in [-0.3, -0.25) is 18.6 Å². The smallest absolute Gasteiger partial charge is 0.462 e. The van der Waals surface area contributed by atoms with Crippen LogP contribution in [0.25, 0.3) is 0 Å². The van der Waals surface area contributed by atoms with E-state index >= 15 is 0 Å². The Morgan fingerprint density at radius 1 is 0.437 bits per heavy atom. The molecule has 0 amide bonds. The zero-order chi connectivity index (χ0) is 51.7. The lowest BCUT2D eigenvalue weighted by Crippen LogP contribution is -2.29. The first kappa shape index (κ1) is 68.5. The van der Waals surface area contributed by atoms with E-state index in [1.807, 2.05) is 0 Å². The van der Waals surface area contributed by atoms with Crippen LogP contribution in [0.2, 0.25) is 0 Å². The molecule has 0 saturated carbocycles. The summed E-state index contributed by atoms with van der Waals surface area (Å²) < 4.78 is 33.0. The van der Waals surface area contributed by atoms with Crippen molar-refractivity contribution in [1.29, 1.82) is 0 Å². The number of rotatable bonds is 55. The van der Waals surface area contributed by atoms with Gasteiger partial charge >= 0.3 is 19.8 Å². The minimum absolute atomic E-state index is 0.0523. The van der Waals surface area contributed by atoms with Gasteiger partial charge in [-0.05, 0) is 64.2 Å². The molecule has 0 aliphatic rings. The highest BCUT2D eigenvalue weighted by atomic mass is 31.2. The van der Waals surface area contributed by atoms with Gasteiger partial charge in [-0.1, -0.05) is 267 Å². The standard InChI is InChI=1S/C61H110NO8P/c1-3-5-7-9-11-13-15-17-19-21-23-24-25-26-27-28-29-30-31-32-33-34-36-38-40-42-44-46-48-50-52-54-61(64)70-59(58-69-71(65,66)68-56-55-62)57-67-60(63)53-51-49-47-45-43-41-39-37-35-22-20-18-16-14-12-10-8-6-4-2/h5,7,11,13,17,19,23-24,26-27,29-30,59H,3-4,6,8-10,12,14-16,18,20-22,25,28,31-58,62H2,1-2H3,(H,65,66)/b7-5-,13-11-,19-17-,24-23-,27-26-,30-29-. The summed E-state index contributed by atoms with van der Waals surface area (Å²) in [5, 5.41) is 0. The van der Waals surface area contributed by atoms with Gasteiger partial charge in [-0.2, -0.15) is 0 Å². The first-order valence-electron chi connectivity index (χ1n) is 29.4. The molecular weight excluding hydrogens is 906 g/mol. The van der Waals surface area contributed by atoms with Crippen molar-refractivity contribution in [2.45, 2.75) is 277 Å². The maximum absolute atomic E-state index is 12.7. The van der Waals surface area contributed by atoms with Gasteiger partial charge in [0.2, 0.25) is 0 Å². The highest BCUT2D eigenvalue weighted by Crippen LogP contribution is 2.43. The van der Waals surface area contributed by atoms with Crippen LogP contribution in [-0.4, -0.2) is 49.3 Å². The number of carbonyl (C=O) groups is 2. The SMILES string of the molecule is CC/C=C\C/C=C\C/C=C\C/C=C\C/C=C\C/C=C\CCCCCCCCCCCCCCC(=O)OC(COC(=O)CCCCCCCCCCCCCCCCCCCCC)COP(=O)(O)OCCN. The predicted octanol–water partition coefficient (Wildman–Crippen LogP) is 18.5. The summed E-state index contributed by atoms with van der Waals surface area (Å²) in [4.78, 5) is 35.2. The van der Waals surface area contributed by atoms with Crippen LogP contribution in [0.15, 0.2) is 72.9 Å². The van der Waals surface area contributed by atoms with Crippen LogP contribution in [0.1, 0.15) is 271 Å². The minimum atomic E-state index is -4.39. The molecule has 2 atom stereocenters. The van der Waals surface area contributed by atoms with Crippen molar-refractivity contribution < 1.29 is 37.6 Å². The highest BCUT2D eigenvalue weighted by Gasteiger charge is 2.26. The summed E-state index contributed by atoms with van der Waals surface area (Å²) in [5.41, 5.74) is 5.38. The van der Waals surface area contributed by atoms with Crippen LogP contribution >= 0.6 is 7.82 Å². The van der Waals surface area contributed by atoms with Crippen LogP contribution in [0.4, 0.5) is 0 Å². The van der Waals surface area contributed by atoms with E-state index in [1.165, 1.54) is 161 Å². The molecule has 0 aliphatic carbocycles. The second-order valence-electron chi connectivity index (χ2n) is 19.5. The van der Waals surface area contributed by atoms with E-state index in [0.29, 0.717) is 6.42 Å². The van der Waals surface area contributed by atoms with Crippen LogP contribution in [0.5, 0.6) is 0 Å². The van der Waals surface area contributed by atoms with Gasteiger partial charge in [-0.25, -0.2) is 4.57 Å². The number of hydrogen-bond donors (Lipinski definition) is 2. The summed E-state index contributed by atoms with van der Waals surface area (Å²) >= 11 is 0. The second-order valence-corrected chi connectivity index (χ2v) is 20.9. The minimum Gasteiger partial charge on any atom is -0.462 e. The molecule has 10 heteroatoms. The molecule has 0 saturated heterocycles. The largest absolute Gasteiger partial charge is 0.472 e. The Bertz CT molecular complexity index is 1390. The van der Waals surface area contributed by atoms with E-state index < -0.39 is 26.5 Å². The number of nitrogens with two attached hydrogens (primary N) is 1. The summed E-state index contributed by atoms with van der Waals surface area (Å²) in [6, 6.07) is 0. The summed E-state index contributed by atoms with van der Waals surface area (Å²) in [6.07, 6.45) is 72.4. The van der Waals surface area contributed by atoms with Crippen LogP contribution in [0.3, 0.4) is 0 Å². The molecule has 0 aromatic rings. The molecule has 0 fully saturated rings. The first-order valence-corrected chi connectivity index (χ1v) is 30.9. The van der Waals surface area contributed by atoms with Crippen molar-refractivity contribution in [1.82, 2.24) is 0 Å². The number of phosphoric ester groups is 1. The number of hydrogen-bond acceptors (Lipinski definition) is 8. The molecule has 71 heavy (non-hydrogen) atoms. The highest BCUT2D eigenvalue weighted by molar-refractivity contribution is 7.47. The fourth-order valence-electron chi connectivity index (χ4n) is 8.29. The molecule has 0 aromatic carbocycles. The molecular formula is C61H110NO8P. The molecule has 0 radical (unpaired) electrons. The van der Waals surface area contributed by atoms with E-state index in [9.17, 15) is 19.0 Å². The molecule has 9 nitrogen and oxygen atoms in total. The Morgan fingerprint density at radius 3 is 1.15 bits per heavy atom. The Balaban J connectivity index is 3.95. The van der Waals surface area contributed by atoms with Crippen molar-refractivity contribution in [3.63, 3.8) is 0 Å². The zero-order valence-electron chi connectivity index (χ0n) is 45.9. The molecule has 0 spiro atoms. The number of unbranched alkanes of at least 4 members (excludes halogenated alkanes) is 30. The van der Waals surface area contributed by atoms with Gasteiger partial charge in [0, 0.05) is 19.4 Å². The summed E-state index contributed by atoms with van der Waals surface area (Å²) in [7, 11) is -4.39. The second kappa shape index (κ2) is 56.7. The molecule has 2 unspecified atom stereocenters. The van der Waals surface area contributed by atoms with Gasteiger partial charge < -0.3 is 20.1 Å². The Morgan fingerprint density at radius 2 is 0.775 bits per heavy atom. The fraction of sp³-hybridized carbons (Fsp3) is 0.770. The Hall–Kier alpha value is -2.55. The van der Waals surface area contributed by atoms with Gasteiger partial charge in [0.05, 0.1) is 13.2 Å². The normalized spacial score (nSPS) is 13.6. The van der Waals surface area contributed by atoms with Gasteiger partial charge in [0.15, 0.2) is 6.10 Å². The number of phosphoric acid groups is 1. The first-order chi connectivity index (χ1) is 34.8. The van der Waals surface area contributed by atoms with Gasteiger partial charge in [0.25, 0.3) is 0 Å². The maximum atomic E-state index is 12.7. The van der Waals surface area contributed by atoms with Gasteiger partial charge in [0.1, 0.15) is 6.61 Å². The summed E-state index contributed by atoms with van der Waals surface area (Å²) in [5.74, 6) is -0.821. The van der Waals surface area contributed by atoms with Crippen molar-refractivity contribution in [3.05, 3.63) is 72.9 Å². The van der Waals surface area contributed by atoms with Crippen molar-refractivity contribution in [2.75, 3.05) is 26.4 Å². The number of allylic oxidation sites excluding steroid dienone is 12. The lowest BCUT2D eigenvalue weighted by atomic mass is 10.0. The third-order valence-electron chi connectivity index (χ3n) is 12.6. The lowest BCUT2D eigenvalue weighted by molar-refractivity contribution is -0.161. The van der Waals surface area contributed by atoms with Crippen molar-refractivity contribution >= 4 is 19.8 Å². The van der Waals surface area contributed by atoms with Crippen LogP contribution in [0, 0.1) is 0 Å². The van der Waals surface area contributed by atoms with E-state index in [2.05, 4.69) is 86.8 Å². The average Bonchev–Trinajstić information content (AvgIpc) is 3.36. The van der Waals surface area contributed by atoms with Crippen molar-refractivity contribution in [2.24, 2.45) is 5.73 Å².